The summed E-state index contributed by atoms with van der Waals surface area (Å²) in [5.74, 6) is -0.253. The largest absolute Gasteiger partial charge is 0.462 e. The molecule has 1 heterocycles. The lowest BCUT2D eigenvalue weighted by Gasteiger charge is -2.08. The average molecular weight is 356 g/mol. The third-order valence-corrected chi connectivity index (χ3v) is 4.19. The Morgan fingerprint density at radius 2 is 2.25 bits per heavy atom. The van der Waals surface area contributed by atoms with E-state index in [1.165, 1.54) is 0 Å². The van der Waals surface area contributed by atoms with E-state index in [9.17, 15) is 4.79 Å². The molecule has 0 saturated carbocycles. The van der Waals surface area contributed by atoms with Gasteiger partial charge in [0.25, 0.3) is 0 Å². The van der Waals surface area contributed by atoms with Crippen LogP contribution in [-0.4, -0.2) is 16.9 Å². The minimum Gasteiger partial charge on any atom is -0.462 e. The second-order valence-corrected chi connectivity index (χ2v) is 5.57. The first-order valence-electron chi connectivity index (χ1n) is 6.03. The Kier molecular flexibility index (Phi) is 4.97. The van der Waals surface area contributed by atoms with Gasteiger partial charge in [-0.05, 0) is 30.1 Å². The Morgan fingerprint density at radius 1 is 1.50 bits per heavy atom. The number of carbonyl (C=O) groups excluding carboxylic acids is 1. The highest BCUT2D eigenvalue weighted by molar-refractivity contribution is 9.10. The highest BCUT2D eigenvalue weighted by atomic mass is 79.9. The number of carbonyl (C=O) groups is 1. The van der Waals surface area contributed by atoms with Gasteiger partial charge < -0.3 is 15.8 Å². The number of hydrogen-bond donors (Lipinski definition) is 2. The van der Waals surface area contributed by atoms with E-state index in [-0.39, 0.29) is 5.82 Å². The van der Waals surface area contributed by atoms with Gasteiger partial charge in [-0.25, -0.2) is 4.79 Å². The number of nitrogen functional groups attached to an aromatic ring is 1. The molecular weight excluding hydrogens is 342 g/mol. The van der Waals surface area contributed by atoms with E-state index in [4.69, 9.17) is 10.5 Å². The van der Waals surface area contributed by atoms with Crippen molar-refractivity contribution in [2.24, 2.45) is 0 Å². The van der Waals surface area contributed by atoms with Gasteiger partial charge >= 0.3 is 5.97 Å². The van der Waals surface area contributed by atoms with E-state index in [0.717, 1.165) is 21.6 Å². The topological polar surface area (TPSA) is 77.2 Å². The Balaban J connectivity index is 2.14. The van der Waals surface area contributed by atoms with Crippen molar-refractivity contribution in [3.05, 3.63) is 39.9 Å². The molecule has 0 atom stereocenters. The van der Waals surface area contributed by atoms with Crippen molar-refractivity contribution in [1.29, 1.82) is 0 Å². The fourth-order valence-corrected chi connectivity index (χ4v) is 2.76. The summed E-state index contributed by atoms with van der Waals surface area (Å²) in [6, 6.07) is 7.85. The smallest absolute Gasteiger partial charge is 0.344 e. The lowest BCUT2D eigenvalue weighted by atomic mass is 10.2. The highest BCUT2D eigenvalue weighted by Crippen LogP contribution is 2.28. The van der Waals surface area contributed by atoms with Crippen LogP contribution in [0.1, 0.15) is 22.8 Å². The Labute approximate surface area is 129 Å². The second-order valence-electron chi connectivity index (χ2n) is 3.94. The molecule has 5 nitrogen and oxygen atoms in total. The summed E-state index contributed by atoms with van der Waals surface area (Å²) in [5.41, 5.74) is 7.11. The number of nitrogens with one attached hydrogen (secondary N) is 1. The number of aromatic nitrogens is 1. The summed E-state index contributed by atoms with van der Waals surface area (Å²) in [7, 11) is 0. The van der Waals surface area contributed by atoms with E-state index in [0.29, 0.717) is 23.7 Å². The minimum atomic E-state index is -0.451. The molecule has 0 fully saturated rings. The normalized spacial score (nSPS) is 10.3. The first kappa shape index (κ1) is 14.8. The van der Waals surface area contributed by atoms with Crippen LogP contribution in [0.15, 0.2) is 28.7 Å². The zero-order valence-electron chi connectivity index (χ0n) is 10.9. The van der Waals surface area contributed by atoms with Gasteiger partial charge in [0.1, 0.15) is 10.6 Å². The van der Waals surface area contributed by atoms with Gasteiger partial charge in [-0.3, -0.25) is 0 Å². The average Bonchev–Trinajstić information content (AvgIpc) is 2.79. The predicted molar refractivity (Wildman–Crippen MR) is 84.0 cm³/mol. The quantitative estimate of drug-likeness (QED) is 0.804. The molecule has 0 aliphatic rings. The Morgan fingerprint density at radius 3 is 2.95 bits per heavy atom. The van der Waals surface area contributed by atoms with Gasteiger partial charge in [-0.15, -0.1) is 0 Å². The molecule has 20 heavy (non-hydrogen) atoms. The van der Waals surface area contributed by atoms with Crippen LogP contribution < -0.4 is 11.1 Å². The van der Waals surface area contributed by atoms with Crippen LogP contribution >= 0.6 is 27.5 Å². The van der Waals surface area contributed by atoms with Crippen LogP contribution in [0, 0.1) is 0 Å². The summed E-state index contributed by atoms with van der Waals surface area (Å²) in [6.45, 7) is 2.62. The molecule has 0 amide bonds. The van der Waals surface area contributed by atoms with E-state index in [2.05, 4.69) is 25.6 Å². The number of nitrogens with zero attached hydrogens (tertiary/aromatic N) is 1. The van der Waals surface area contributed by atoms with Gasteiger partial charge in [-0.1, -0.05) is 34.1 Å². The summed E-state index contributed by atoms with van der Waals surface area (Å²) in [5, 5.41) is 3.80. The molecule has 0 aliphatic carbocycles. The first-order chi connectivity index (χ1) is 9.63. The first-order valence-corrected chi connectivity index (χ1v) is 7.59. The number of ether oxygens (including phenoxy) is 1. The summed E-state index contributed by atoms with van der Waals surface area (Å²) in [6.07, 6.45) is 0. The van der Waals surface area contributed by atoms with Crippen molar-refractivity contribution in [3.8, 4) is 0 Å². The Bertz CT molecular complexity index is 615. The summed E-state index contributed by atoms with van der Waals surface area (Å²) in [4.78, 5) is 11.8. The molecule has 7 heteroatoms. The standard InChI is InChI=1S/C13H14BrN3O2S/c1-2-19-13(18)10-11(15)17-20-12(10)16-7-8-5-3-4-6-9(8)14/h3-6,16H,2,7H2,1H3,(H2,15,17). The van der Waals surface area contributed by atoms with Crippen molar-refractivity contribution in [1.82, 2.24) is 4.37 Å². The number of esters is 1. The molecule has 1 aromatic carbocycles. The molecule has 0 aliphatic heterocycles. The van der Waals surface area contributed by atoms with Gasteiger partial charge in [0.2, 0.25) is 0 Å². The lowest BCUT2D eigenvalue weighted by Crippen LogP contribution is -2.10. The van der Waals surface area contributed by atoms with Gasteiger partial charge in [0.15, 0.2) is 5.82 Å². The second kappa shape index (κ2) is 6.71. The van der Waals surface area contributed by atoms with Crippen molar-refractivity contribution >= 4 is 44.3 Å². The van der Waals surface area contributed by atoms with Crippen molar-refractivity contribution in [2.75, 3.05) is 17.7 Å². The highest BCUT2D eigenvalue weighted by Gasteiger charge is 2.20. The van der Waals surface area contributed by atoms with E-state index in [1.54, 1.807) is 6.92 Å². The molecule has 0 unspecified atom stereocenters. The Hall–Kier alpha value is -1.60. The molecule has 3 N–H and O–H groups in total. The van der Waals surface area contributed by atoms with Crippen molar-refractivity contribution < 1.29 is 9.53 Å². The molecule has 0 spiro atoms. The summed E-state index contributed by atoms with van der Waals surface area (Å²) < 4.78 is 9.98. The zero-order valence-corrected chi connectivity index (χ0v) is 13.3. The zero-order chi connectivity index (χ0) is 14.5. The molecule has 2 rings (SSSR count). The van der Waals surface area contributed by atoms with Crippen molar-refractivity contribution in [3.63, 3.8) is 0 Å². The molecule has 2 aromatic rings. The molecule has 0 saturated heterocycles. The fourth-order valence-electron chi connectivity index (χ4n) is 1.64. The number of anilines is 2. The number of benzene rings is 1. The maximum absolute atomic E-state index is 11.8. The summed E-state index contributed by atoms with van der Waals surface area (Å²) >= 11 is 4.63. The lowest BCUT2D eigenvalue weighted by molar-refractivity contribution is 0.0529. The van der Waals surface area contributed by atoms with Crippen LogP contribution in [-0.2, 0) is 11.3 Å². The third-order valence-electron chi connectivity index (χ3n) is 2.60. The van der Waals surface area contributed by atoms with E-state index in [1.807, 2.05) is 24.3 Å². The van der Waals surface area contributed by atoms with Crippen molar-refractivity contribution in [2.45, 2.75) is 13.5 Å². The van der Waals surface area contributed by atoms with Gasteiger partial charge in [0, 0.05) is 11.0 Å². The SMILES string of the molecule is CCOC(=O)c1c(N)nsc1NCc1ccccc1Br. The molecule has 0 bridgehead atoms. The number of nitrogens with two attached hydrogens (primary N) is 1. The van der Waals surface area contributed by atoms with Crippen LogP contribution in [0.25, 0.3) is 0 Å². The van der Waals surface area contributed by atoms with E-state index >= 15 is 0 Å². The van der Waals surface area contributed by atoms with Crippen LogP contribution in [0.2, 0.25) is 0 Å². The fraction of sp³-hybridized carbons (Fsp3) is 0.231. The van der Waals surface area contributed by atoms with Gasteiger partial charge in [0.05, 0.1) is 6.61 Å². The third kappa shape index (κ3) is 3.29. The monoisotopic (exact) mass is 355 g/mol. The molecule has 1 aromatic heterocycles. The maximum atomic E-state index is 11.8. The number of hydrogen-bond acceptors (Lipinski definition) is 6. The number of halogens is 1. The van der Waals surface area contributed by atoms with Crippen LogP contribution in [0.5, 0.6) is 0 Å². The van der Waals surface area contributed by atoms with Crippen LogP contribution in [0.3, 0.4) is 0 Å². The van der Waals surface area contributed by atoms with Crippen LogP contribution in [0.4, 0.5) is 10.8 Å². The maximum Gasteiger partial charge on any atom is 0.344 e. The predicted octanol–water partition coefficient (Wildman–Crippen LogP) is 3.28. The molecule has 0 radical (unpaired) electrons. The van der Waals surface area contributed by atoms with E-state index < -0.39 is 5.97 Å². The van der Waals surface area contributed by atoms with Gasteiger partial charge in [-0.2, -0.15) is 4.37 Å². The molecule has 106 valence electrons. The molecular formula is C13H14BrN3O2S. The number of rotatable bonds is 5. The minimum absolute atomic E-state index is 0.197.